The van der Waals surface area contributed by atoms with Crippen molar-refractivity contribution in [3.63, 3.8) is 0 Å². The van der Waals surface area contributed by atoms with E-state index in [1.807, 2.05) is 35.0 Å². The maximum atomic E-state index is 12.9. The summed E-state index contributed by atoms with van der Waals surface area (Å²) in [4.78, 5) is 31.2. The molecule has 152 valence electrons. The molecule has 1 aliphatic rings. The van der Waals surface area contributed by atoms with Crippen molar-refractivity contribution in [3.05, 3.63) is 53.5 Å². The smallest absolute Gasteiger partial charge is 0.266 e. The fraction of sp³-hybridized carbons (Fsp3) is 0.300. The monoisotopic (exact) mass is 430 g/mol. The van der Waals surface area contributed by atoms with E-state index >= 15 is 0 Å². The number of para-hydroxylation sites is 1. The number of amides is 2. The van der Waals surface area contributed by atoms with Crippen LogP contribution >= 0.6 is 24.0 Å². The van der Waals surface area contributed by atoms with Crippen LogP contribution in [-0.2, 0) is 16.1 Å². The Hall–Kier alpha value is -2.65. The highest BCUT2D eigenvalue weighted by molar-refractivity contribution is 8.26. The van der Waals surface area contributed by atoms with Crippen molar-refractivity contribution in [2.75, 3.05) is 13.7 Å². The van der Waals surface area contributed by atoms with Crippen LogP contribution in [0.3, 0.4) is 0 Å². The molecule has 3 rings (SSSR count). The standard InChI is InChI=1S/C20H22N4O3S2/c1-14(18(25)22-8-5-10-23-11-9-21-13-23)24-19(26)17(29-20(24)28)12-15-6-3-4-7-16(15)27-2/h3-4,6-7,9,11-14H,5,8,10H2,1-2H3,(H,22,25). The summed E-state index contributed by atoms with van der Waals surface area (Å²) in [5, 5.41) is 2.87. The molecule has 1 aromatic carbocycles. The third kappa shape index (κ3) is 5.04. The maximum Gasteiger partial charge on any atom is 0.266 e. The Labute approximate surface area is 179 Å². The molecule has 1 saturated heterocycles. The minimum Gasteiger partial charge on any atom is -0.496 e. The number of ether oxygens (including phenoxy) is 1. The molecule has 1 N–H and O–H groups in total. The van der Waals surface area contributed by atoms with Gasteiger partial charge in [-0.15, -0.1) is 0 Å². The van der Waals surface area contributed by atoms with Crippen LogP contribution in [0, 0.1) is 0 Å². The lowest BCUT2D eigenvalue weighted by atomic mass is 10.1. The zero-order valence-corrected chi connectivity index (χ0v) is 17.8. The molecule has 1 atom stereocenters. The van der Waals surface area contributed by atoms with Gasteiger partial charge >= 0.3 is 0 Å². The second-order valence-corrected chi connectivity index (χ2v) is 8.09. The molecule has 0 saturated carbocycles. The topological polar surface area (TPSA) is 76.5 Å². The molecule has 2 amide bonds. The number of aromatic nitrogens is 2. The van der Waals surface area contributed by atoms with Gasteiger partial charge in [0.05, 0.1) is 18.3 Å². The zero-order valence-electron chi connectivity index (χ0n) is 16.2. The van der Waals surface area contributed by atoms with Gasteiger partial charge in [0.25, 0.3) is 5.91 Å². The summed E-state index contributed by atoms with van der Waals surface area (Å²) in [5.74, 6) is 0.166. The Bertz CT molecular complexity index is 928. The minimum atomic E-state index is -0.681. The number of nitrogens with one attached hydrogen (secondary N) is 1. The molecule has 1 aromatic heterocycles. The van der Waals surface area contributed by atoms with E-state index in [1.54, 1.807) is 32.6 Å². The first-order valence-corrected chi connectivity index (χ1v) is 10.4. The van der Waals surface area contributed by atoms with Gasteiger partial charge in [-0.05, 0) is 25.5 Å². The number of aryl methyl sites for hydroxylation is 1. The van der Waals surface area contributed by atoms with Crippen LogP contribution in [0.4, 0.5) is 0 Å². The summed E-state index contributed by atoms with van der Waals surface area (Å²) in [7, 11) is 1.58. The van der Waals surface area contributed by atoms with Gasteiger partial charge in [0.1, 0.15) is 16.1 Å². The van der Waals surface area contributed by atoms with Gasteiger partial charge in [-0.1, -0.05) is 42.2 Å². The number of carbonyl (C=O) groups excluding carboxylic acids is 2. The van der Waals surface area contributed by atoms with Crippen LogP contribution < -0.4 is 10.1 Å². The van der Waals surface area contributed by atoms with Gasteiger partial charge in [-0.2, -0.15) is 0 Å². The van der Waals surface area contributed by atoms with Crippen LogP contribution in [0.2, 0.25) is 0 Å². The van der Waals surface area contributed by atoms with Crippen molar-refractivity contribution in [2.45, 2.75) is 25.9 Å². The van der Waals surface area contributed by atoms with Crippen LogP contribution in [-0.4, -0.2) is 50.3 Å². The lowest BCUT2D eigenvalue weighted by Crippen LogP contribution is -2.47. The predicted octanol–water partition coefficient (Wildman–Crippen LogP) is 2.69. The lowest BCUT2D eigenvalue weighted by molar-refractivity contribution is -0.132. The van der Waals surface area contributed by atoms with E-state index in [-0.39, 0.29) is 11.8 Å². The summed E-state index contributed by atoms with van der Waals surface area (Å²) >= 11 is 6.55. The first kappa shape index (κ1) is 21.1. The van der Waals surface area contributed by atoms with Crippen LogP contribution in [0.5, 0.6) is 5.75 Å². The number of thiocarbonyl (C=S) groups is 1. The molecule has 0 bridgehead atoms. The van der Waals surface area contributed by atoms with Gasteiger partial charge < -0.3 is 14.6 Å². The SMILES string of the molecule is COc1ccccc1C=C1SC(=S)N(C(C)C(=O)NCCCn2ccnc2)C1=O. The van der Waals surface area contributed by atoms with E-state index in [0.29, 0.717) is 21.5 Å². The number of thioether (sulfide) groups is 1. The molecule has 9 heteroatoms. The summed E-state index contributed by atoms with van der Waals surface area (Å²) in [6.07, 6.45) is 7.83. The summed E-state index contributed by atoms with van der Waals surface area (Å²) < 4.78 is 7.65. The second-order valence-electron chi connectivity index (χ2n) is 6.41. The quantitative estimate of drug-likeness (QED) is 0.394. The Morgan fingerprint density at radius 3 is 2.93 bits per heavy atom. The largest absolute Gasteiger partial charge is 0.496 e. The van der Waals surface area contributed by atoms with E-state index < -0.39 is 6.04 Å². The number of carbonyl (C=O) groups is 2. The predicted molar refractivity (Wildman–Crippen MR) is 117 cm³/mol. The molecular weight excluding hydrogens is 408 g/mol. The molecule has 2 aromatic rings. The normalized spacial score (nSPS) is 16.3. The number of rotatable bonds is 8. The van der Waals surface area contributed by atoms with Gasteiger partial charge in [-0.25, -0.2) is 4.98 Å². The van der Waals surface area contributed by atoms with Crippen LogP contribution in [0.25, 0.3) is 6.08 Å². The van der Waals surface area contributed by atoms with Gasteiger partial charge in [0, 0.05) is 31.0 Å². The Morgan fingerprint density at radius 1 is 1.41 bits per heavy atom. The summed E-state index contributed by atoms with van der Waals surface area (Å²) in [6, 6.07) is 6.74. The van der Waals surface area contributed by atoms with Crippen molar-refractivity contribution >= 4 is 46.2 Å². The fourth-order valence-corrected chi connectivity index (χ4v) is 4.31. The first-order chi connectivity index (χ1) is 14.0. The minimum absolute atomic E-state index is 0.231. The molecule has 0 radical (unpaired) electrons. The first-order valence-electron chi connectivity index (χ1n) is 9.15. The third-order valence-electron chi connectivity index (χ3n) is 4.47. The van der Waals surface area contributed by atoms with E-state index in [0.717, 1.165) is 18.5 Å². The van der Waals surface area contributed by atoms with Crippen molar-refractivity contribution in [1.29, 1.82) is 0 Å². The number of methoxy groups -OCH3 is 1. The highest BCUT2D eigenvalue weighted by Gasteiger charge is 2.38. The van der Waals surface area contributed by atoms with Gasteiger partial charge in [0.15, 0.2) is 0 Å². The highest BCUT2D eigenvalue weighted by Crippen LogP contribution is 2.35. The average molecular weight is 431 g/mol. The molecule has 1 fully saturated rings. The molecule has 0 spiro atoms. The zero-order chi connectivity index (χ0) is 20.8. The van der Waals surface area contributed by atoms with Crippen molar-refractivity contribution in [2.24, 2.45) is 0 Å². The van der Waals surface area contributed by atoms with Crippen LogP contribution in [0.15, 0.2) is 47.9 Å². The third-order valence-corrected chi connectivity index (χ3v) is 5.80. The molecule has 1 unspecified atom stereocenters. The van der Waals surface area contributed by atoms with E-state index in [4.69, 9.17) is 17.0 Å². The second kappa shape index (κ2) is 9.71. The fourth-order valence-electron chi connectivity index (χ4n) is 2.90. The Morgan fingerprint density at radius 2 is 2.21 bits per heavy atom. The molecule has 0 aliphatic carbocycles. The van der Waals surface area contributed by atoms with Crippen molar-refractivity contribution < 1.29 is 14.3 Å². The molecule has 2 heterocycles. The van der Waals surface area contributed by atoms with Gasteiger partial charge in [-0.3, -0.25) is 14.5 Å². The van der Waals surface area contributed by atoms with Crippen molar-refractivity contribution in [3.8, 4) is 5.75 Å². The Kier molecular flexibility index (Phi) is 7.05. The lowest BCUT2D eigenvalue weighted by Gasteiger charge is -2.22. The number of benzene rings is 1. The Balaban J connectivity index is 1.61. The maximum absolute atomic E-state index is 12.9. The van der Waals surface area contributed by atoms with Crippen LogP contribution in [0.1, 0.15) is 18.9 Å². The number of nitrogens with zero attached hydrogens (tertiary/aromatic N) is 3. The number of hydrogen-bond acceptors (Lipinski definition) is 6. The van der Waals surface area contributed by atoms with E-state index in [1.165, 1.54) is 16.7 Å². The molecule has 29 heavy (non-hydrogen) atoms. The number of hydrogen-bond donors (Lipinski definition) is 1. The van der Waals surface area contributed by atoms with Crippen molar-refractivity contribution in [1.82, 2.24) is 19.8 Å². The number of imidazole rings is 1. The highest BCUT2D eigenvalue weighted by atomic mass is 32.2. The average Bonchev–Trinajstić information content (AvgIpc) is 3.33. The van der Waals surface area contributed by atoms with E-state index in [9.17, 15) is 9.59 Å². The summed E-state index contributed by atoms with van der Waals surface area (Å²) in [5.41, 5.74) is 0.784. The molecular formula is C20H22N4O3S2. The summed E-state index contributed by atoms with van der Waals surface area (Å²) in [6.45, 7) is 2.95. The van der Waals surface area contributed by atoms with Gasteiger partial charge in [0.2, 0.25) is 5.91 Å². The molecule has 1 aliphatic heterocycles. The van der Waals surface area contributed by atoms with E-state index in [2.05, 4.69) is 10.3 Å². The molecule has 7 nitrogen and oxygen atoms in total.